The minimum Gasteiger partial charge on any atom is -0.296 e. The molecule has 0 saturated heterocycles. The number of aldehydes is 1. The van der Waals surface area contributed by atoms with Crippen LogP contribution in [0.4, 0.5) is 0 Å². The lowest BCUT2D eigenvalue weighted by atomic mass is 10.3. The Balaban J connectivity index is 2.85. The third-order valence-electron chi connectivity index (χ3n) is 2.49. The van der Waals surface area contributed by atoms with E-state index < -0.39 is 0 Å². The number of thiazole rings is 1. The Hall–Kier alpha value is -1.16. The number of carbonyl (C=O) groups is 1. The van der Waals surface area contributed by atoms with Gasteiger partial charge in [0.15, 0.2) is 11.2 Å². The van der Waals surface area contributed by atoms with Gasteiger partial charge in [-0.25, -0.2) is 4.98 Å². The van der Waals surface area contributed by atoms with E-state index in [1.807, 2.05) is 18.2 Å². The summed E-state index contributed by atoms with van der Waals surface area (Å²) in [6.45, 7) is 6.09. The minimum atomic E-state index is 0.712. The van der Waals surface area contributed by atoms with Crippen LogP contribution >= 0.6 is 11.3 Å². The summed E-state index contributed by atoms with van der Waals surface area (Å²) in [5.41, 5.74) is 2.73. The van der Waals surface area contributed by atoms with Crippen molar-refractivity contribution in [2.45, 2.75) is 27.2 Å². The zero-order valence-corrected chi connectivity index (χ0v) is 9.31. The topological polar surface area (TPSA) is 34.4 Å². The number of carbonyl (C=O) groups excluding carboxylic acids is 1. The van der Waals surface area contributed by atoms with E-state index in [1.165, 1.54) is 4.88 Å². The molecule has 0 saturated carbocycles. The SMILES string of the molecule is CCc1nc2sc(C)c(C)n2c1C=O. The molecule has 14 heavy (non-hydrogen) atoms. The first-order chi connectivity index (χ1) is 6.69. The van der Waals surface area contributed by atoms with Crippen LogP contribution in [0.5, 0.6) is 0 Å². The summed E-state index contributed by atoms with van der Waals surface area (Å²) in [5.74, 6) is 0. The number of aromatic nitrogens is 2. The lowest BCUT2D eigenvalue weighted by molar-refractivity contribution is 0.111. The Bertz CT molecular complexity index is 496. The smallest absolute Gasteiger partial charge is 0.194 e. The number of hydrogen-bond acceptors (Lipinski definition) is 3. The monoisotopic (exact) mass is 208 g/mol. The Kier molecular flexibility index (Phi) is 2.15. The molecule has 74 valence electrons. The first-order valence-corrected chi connectivity index (χ1v) is 5.43. The maximum atomic E-state index is 11.0. The fourth-order valence-electron chi connectivity index (χ4n) is 1.60. The average Bonchev–Trinajstić information content (AvgIpc) is 2.65. The number of imidazole rings is 1. The fraction of sp³-hybridized carbons (Fsp3) is 0.400. The van der Waals surface area contributed by atoms with Gasteiger partial charge in [0.05, 0.1) is 5.69 Å². The maximum absolute atomic E-state index is 11.0. The molecule has 0 amide bonds. The molecule has 4 heteroatoms. The van der Waals surface area contributed by atoms with E-state index >= 15 is 0 Å². The zero-order valence-electron chi connectivity index (χ0n) is 8.50. The van der Waals surface area contributed by atoms with Gasteiger partial charge in [0, 0.05) is 10.6 Å². The molecule has 0 aliphatic carbocycles. The summed E-state index contributed by atoms with van der Waals surface area (Å²) in [6, 6.07) is 0. The Morgan fingerprint density at radius 1 is 1.50 bits per heavy atom. The van der Waals surface area contributed by atoms with Crippen molar-refractivity contribution < 1.29 is 4.79 Å². The van der Waals surface area contributed by atoms with Gasteiger partial charge in [-0.2, -0.15) is 0 Å². The van der Waals surface area contributed by atoms with Crippen LogP contribution < -0.4 is 0 Å². The van der Waals surface area contributed by atoms with Crippen LogP contribution in [0.3, 0.4) is 0 Å². The largest absolute Gasteiger partial charge is 0.296 e. The molecule has 0 aliphatic rings. The second-order valence-corrected chi connectivity index (χ2v) is 4.46. The van der Waals surface area contributed by atoms with Gasteiger partial charge in [0.2, 0.25) is 0 Å². The van der Waals surface area contributed by atoms with E-state index in [9.17, 15) is 4.79 Å². The molecule has 0 atom stereocenters. The predicted octanol–water partition coefficient (Wildman–Crippen LogP) is 2.39. The summed E-state index contributed by atoms with van der Waals surface area (Å²) >= 11 is 1.64. The third-order valence-corrected chi connectivity index (χ3v) is 3.55. The van der Waals surface area contributed by atoms with Gasteiger partial charge in [0.25, 0.3) is 0 Å². The Labute approximate surface area is 86.4 Å². The van der Waals surface area contributed by atoms with Gasteiger partial charge in [0.1, 0.15) is 5.69 Å². The lowest BCUT2D eigenvalue weighted by Gasteiger charge is -1.95. The van der Waals surface area contributed by atoms with Crippen LogP contribution in [0.1, 0.15) is 33.7 Å². The fourth-order valence-corrected chi connectivity index (χ4v) is 2.59. The molecule has 2 rings (SSSR count). The summed E-state index contributed by atoms with van der Waals surface area (Å²) in [5, 5.41) is 0. The highest BCUT2D eigenvalue weighted by Gasteiger charge is 2.14. The second-order valence-electron chi connectivity index (χ2n) is 3.28. The predicted molar refractivity (Wildman–Crippen MR) is 57.3 cm³/mol. The molecule has 0 N–H and O–H groups in total. The highest BCUT2D eigenvalue weighted by molar-refractivity contribution is 7.17. The molecule has 0 aliphatic heterocycles. The summed E-state index contributed by atoms with van der Waals surface area (Å²) in [6.07, 6.45) is 1.71. The molecule has 3 nitrogen and oxygen atoms in total. The van der Waals surface area contributed by atoms with Crippen LogP contribution in [-0.2, 0) is 6.42 Å². The molecule has 0 radical (unpaired) electrons. The third kappa shape index (κ3) is 1.10. The average molecular weight is 208 g/mol. The van der Waals surface area contributed by atoms with Crippen molar-refractivity contribution in [2.75, 3.05) is 0 Å². The lowest BCUT2D eigenvalue weighted by Crippen LogP contribution is -1.95. The van der Waals surface area contributed by atoms with Gasteiger partial charge in [-0.05, 0) is 20.3 Å². The first kappa shape index (κ1) is 9.40. The number of hydrogen-bond donors (Lipinski definition) is 0. The summed E-state index contributed by atoms with van der Waals surface area (Å²) in [4.78, 5) is 17.6. The molecule has 2 heterocycles. The van der Waals surface area contributed by atoms with Crippen LogP contribution in [0.25, 0.3) is 4.96 Å². The first-order valence-electron chi connectivity index (χ1n) is 4.61. The number of fused-ring (bicyclic) bond motifs is 1. The quantitative estimate of drug-likeness (QED) is 0.710. The number of nitrogens with zero attached hydrogens (tertiary/aromatic N) is 2. The molecule has 0 aromatic carbocycles. The van der Waals surface area contributed by atoms with Crippen molar-refractivity contribution in [2.24, 2.45) is 0 Å². The van der Waals surface area contributed by atoms with Crippen molar-refractivity contribution in [3.05, 3.63) is 22.0 Å². The van der Waals surface area contributed by atoms with Crippen molar-refractivity contribution in [1.29, 1.82) is 0 Å². The molecule has 0 bridgehead atoms. The van der Waals surface area contributed by atoms with Gasteiger partial charge >= 0.3 is 0 Å². The minimum absolute atomic E-state index is 0.712. The number of aryl methyl sites for hydroxylation is 3. The van der Waals surface area contributed by atoms with Gasteiger partial charge < -0.3 is 0 Å². The van der Waals surface area contributed by atoms with Gasteiger partial charge in [-0.3, -0.25) is 9.20 Å². The molecule has 2 aromatic rings. The summed E-state index contributed by atoms with van der Waals surface area (Å²) in [7, 11) is 0. The van der Waals surface area contributed by atoms with E-state index in [0.717, 1.165) is 29.1 Å². The molecule has 2 aromatic heterocycles. The zero-order chi connectivity index (χ0) is 10.3. The molecule has 0 fully saturated rings. The van der Waals surface area contributed by atoms with Crippen molar-refractivity contribution in [3.63, 3.8) is 0 Å². The van der Waals surface area contributed by atoms with Crippen molar-refractivity contribution >= 4 is 22.6 Å². The van der Waals surface area contributed by atoms with Gasteiger partial charge in [-0.15, -0.1) is 11.3 Å². The molecule has 0 unspecified atom stereocenters. The second kappa shape index (κ2) is 3.20. The summed E-state index contributed by atoms with van der Waals surface area (Å²) < 4.78 is 1.95. The highest BCUT2D eigenvalue weighted by atomic mass is 32.1. The Morgan fingerprint density at radius 3 is 2.79 bits per heavy atom. The van der Waals surface area contributed by atoms with Crippen molar-refractivity contribution in [1.82, 2.24) is 9.38 Å². The van der Waals surface area contributed by atoms with E-state index in [0.29, 0.717) is 5.69 Å². The normalized spacial score (nSPS) is 11.1. The molecule has 0 spiro atoms. The van der Waals surface area contributed by atoms with E-state index in [4.69, 9.17) is 0 Å². The van der Waals surface area contributed by atoms with E-state index in [1.54, 1.807) is 11.3 Å². The van der Waals surface area contributed by atoms with E-state index in [-0.39, 0.29) is 0 Å². The molecular weight excluding hydrogens is 196 g/mol. The van der Waals surface area contributed by atoms with Crippen molar-refractivity contribution in [3.8, 4) is 0 Å². The number of rotatable bonds is 2. The van der Waals surface area contributed by atoms with E-state index in [2.05, 4.69) is 11.9 Å². The highest BCUT2D eigenvalue weighted by Crippen LogP contribution is 2.24. The molecular formula is C10H12N2OS. The van der Waals surface area contributed by atoms with Crippen LogP contribution in [-0.4, -0.2) is 15.7 Å². The van der Waals surface area contributed by atoms with Crippen LogP contribution in [0.2, 0.25) is 0 Å². The van der Waals surface area contributed by atoms with Crippen LogP contribution in [0.15, 0.2) is 0 Å². The van der Waals surface area contributed by atoms with Crippen LogP contribution in [0, 0.1) is 13.8 Å². The standard InChI is InChI=1S/C10H12N2OS/c1-4-8-9(5-13)12-6(2)7(3)14-10(12)11-8/h5H,4H2,1-3H3. The Morgan fingerprint density at radius 2 is 2.21 bits per heavy atom. The van der Waals surface area contributed by atoms with Gasteiger partial charge in [-0.1, -0.05) is 6.92 Å². The maximum Gasteiger partial charge on any atom is 0.194 e.